The minimum absolute atomic E-state index is 0.177. The van der Waals surface area contributed by atoms with E-state index in [0.29, 0.717) is 6.04 Å². The van der Waals surface area contributed by atoms with Crippen LogP contribution in [0.2, 0.25) is 0 Å². The molecular weight excluding hydrogens is 246 g/mol. The molecule has 0 radical (unpaired) electrons. The van der Waals surface area contributed by atoms with E-state index in [9.17, 15) is 0 Å². The van der Waals surface area contributed by atoms with E-state index < -0.39 is 0 Å². The van der Waals surface area contributed by atoms with Crippen molar-refractivity contribution >= 4 is 11.0 Å². The lowest BCUT2D eigenvalue weighted by molar-refractivity contribution is 0.421. The summed E-state index contributed by atoms with van der Waals surface area (Å²) >= 11 is 0. The molecule has 0 bridgehead atoms. The molecule has 0 aliphatic heterocycles. The van der Waals surface area contributed by atoms with Crippen molar-refractivity contribution < 1.29 is 4.42 Å². The molecule has 1 heterocycles. The normalized spacial score (nSPS) is 13.8. The highest BCUT2D eigenvalue weighted by molar-refractivity contribution is 5.79. The van der Waals surface area contributed by atoms with Crippen LogP contribution in [0.25, 0.3) is 11.0 Å². The lowest BCUT2D eigenvalue weighted by Gasteiger charge is -2.18. The highest BCUT2D eigenvalue weighted by Gasteiger charge is 2.17. The molecule has 1 atom stereocenters. The molecule has 2 heteroatoms. The van der Waals surface area contributed by atoms with Gasteiger partial charge >= 0.3 is 0 Å². The molecule has 0 saturated heterocycles. The first-order valence-electron chi connectivity index (χ1n) is 7.73. The quantitative estimate of drug-likeness (QED) is 0.812. The third kappa shape index (κ3) is 3.24. The second-order valence-electron chi connectivity index (χ2n) is 6.57. The number of nitrogens with one attached hydrogen (secondary N) is 1. The molecule has 1 N–H and O–H groups in total. The molecule has 0 aliphatic carbocycles. The van der Waals surface area contributed by atoms with Crippen LogP contribution in [0.5, 0.6) is 0 Å². The van der Waals surface area contributed by atoms with Gasteiger partial charge in [0.1, 0.15) is 11.3 Å². The van der Waals surface area contributed by atoms with Gasteiger partial charge in [-0.15, -0.1) is 0 Å². The topological polar surface area (TPSA) is 25.2 Å². The van der Waals surface area contributed by atoms with Gasteiger partial charge in [0, 0.05) is 5.39 Å². The van der Waals surface area contributed by atoms with E-state index in [1.165, 1.54) is 10.9 Å². The maximum atomic E-state index is 6.02. The van der Waals surface area contributed by atoms with Crippen LogP contribution in [0.3, 0.4) is 0 Å². The Balaban J connectivity index is 2.33. The Bertz CT molecular complexity index is 562. The van der Waals surface area contributed by atoms with Gasteiger partial charge in [-0.1, -0.05) is 40.7 Å². The molecule has 1 aromatic heterocycles. The Morgan fingerprint density at radius 1 is 1.15 bits per heavy atom. The Morgan fingerprint density at radius 2 is 1.90 bits per heavy atom. The number of hydrogen-bond acceptors (Lipinski definition) is 2. The standard InChI is InChI=1S/C18H27NO/c1-6-10-19-15(7-2)17-12-13-11-14(18(3,4)5)8-9-16(13)20-17/h8-9,11-12,15,19H,6-7,10H2,1-5H3. The van der Waals surface area contributed by atoms with Crippen LogP contribution >= 0.6 is 0 Å². The van der Waals surface area contributed by atoms with Crippen molar-refractivity contribution in [2.45, 2.75) is 58.9 Å². The smallest absolute Gasteiger partial charge is 0.134 e. The van der Waals surface area contributed by atoms with Gasteiger partial charge in [0.25, 0.3) is 0 Å². The maximum Gasteiger partial charge on any atom is 0.134 e. The molecule has 2 rings (SSSR count). The fourth-order valence-corrected chi connectivity index (χ4v) is 2.47. The third-order valence-corrected chi connectivity index (χ3v) is 3.79. The molecule has 0 fully saturated rings. The first-order valence-corrected chi connectivity index (χ1v) is 7.73. The molecule has 2 nitrogen and oxygen atoms in total. The second kappa shape index (κ2) is 6.01. The molecule has 1 aromatic carbocycles. The van der Waals surface area contributed by atoms with Crippen molar-refractivity contribution in [3.63, 3.8) is 0 Å². The zero-order valence-corrected chi connectivity index (χ0v) is 13.4. The van der Waals surface area contributed by atoms with Gasteiger partial charge in [-0.25, -0.2) is 0 Å². The molecule has 2 aromatic rings. The minimum Gasteiger partial charge on any atom is -0.459 e. The highest BCUT2D eigenvalue weighted by atomic mass is 16.3. The SMILES string of the molecule is CCCNC(CC)c1cc2cc(C(C)(C)C)ccc2o1. The van der Waals surface area contributed by atoms with E-state index in [1.807, 2.05) is 0 Å². The Labute approximate surface area is 122 Å². The fraction of sp³-hybridized carbons (Fsp3) is 0.556. The molecule has 1 unspecified atom stereocenters. The molecule has 0 amide bonds. The van der Waals surface area contributed by atoms with Gasteiger partial charge in [-0.3, -0.25) is 0 Å². The Hall–Kier alpha value is -1.28. The number of hydrogen-bond donors (Lipinski definition) is 1. The van der Waals surface area contributed by atoms with Crippen molar-refractivity contribution in [3.05, 3.63) is 35.6 Å². The molecule has 20 heavy (non-hydrogen) atoms. The van der Waals surface area contributed by atoms with Crippen LogP contribution in [0, 0.1) is 0 Å². The summed E-state index contributed by atoms with van der Waals surface area (Å²) in [6.45, 7) is 12.1. The van der Waals surface area contributed by atoms with E-state index in [4.69, 9.17) is 4.42 Å². The first-order chi connectivity index (χ1) is 9.45. The first kappa shape index (κ1) is 15.1. The van der Waals surface area contributed by atoms with Gasteiger partial charge in [0.15, 0.2) is 0 Å². The maximum absolute atomic E-state index is 6.02. The van der Waals surface area contributed by atoms with Crippen LogP contribution in [0.4, 0.5) is 0 Å². The van der Waals surface area contributed by atoms with Crippen molar-refractivity contribution in [2.24, 2.45) is 0 Å². The second-order valence-corrected chi connectivity index (χ2v) is 6.57. The monoisotopic (exact) mass is 273 g/mol. The van der Waals surface area contributed by atoms with E-state index >= 15 is 0 Å². The number of furan rings is 1. The van der Waals surface area contributed by atoms with Gasteiger partial charge in [-0.2, -0.15) is 0 Å². The number of fused-ring (bicyclic) bond motifs is 1. The molecule has 0 aliphatic rings. The molecular formula is C18H27NO. The highest BCUT2D eigenvalue weighted by Crippen LogP contribution is 2.30. The summed E-state index contributed by atoms with van der Waals surface area (Å²) in [5.74, 6) is 1.06. The summed E-state index contributed by atoms with van der Waals surface area (Å²) in [6.07, 6.45) is 2.19. The van der Waals surface area contributed by atoms with Gasteiger partial charge in [0.2, 0.25) is 0 Å². The van der Waals surface area contributed by atoms with Crippen LogP contribution in [0.15, 0.2) is 28.7 Å². The lowest BCUT2D eigenvalue weighted by atomic mass is 9.86. The van der Waals surface area contributed by atoms with Crippen molar-refractivity contribution in [3.8, 4) is 0 Å². The van der Waals surface area contributed by atoms with E-state index in [-0.39, 0.29) is 5.41 Å². The molecule has 110 valence electrons. The summed E-state index contributed by atoms with van der Waals surface area (Å²) in [5.41, 5.74) is 2.52. The van der Waals surface area contributed by atoms with E-state index in [0.717, 1.165) is 30.7 Å². The third-order valence-electron chi connectivity index (χ3n) is 3.79. The van der Waals surface area contributed by atoms with Crippen LogP contribution in [0.1, 0.15) is 64.8 Å². The van der Waals surface area contributed by atoms with Gasteiger partial charge < -0.3 is 9.73 Å². The predicted octanol–water partition coefficient (Wildman–Crippen LogP) is 5.18. The average molecular weight is 273 g/mol. The van der Waals surface area contributed by atoms with Crippen LogP contribution in [-0.4, -0.2) is 6.54 Å². The summed E-state index contributed by atoms with van der Waals surface area (Å²) in [5, 5.41) is 4.76. The summed E-state index contributed by atoms with van der Waals surface area (Å²) in [7, 11) is 0. The van der Waals surface area contributed by atoms with Crippen molar-refractivity contribution in [2.75, 3.05) is 6.54 Å². The lowest BCUT2D eigenvalue weighted by Crippen LogP contribution is -2.20. The van der Waals surface area contributed by atoms with Gasteiger partial charge in [0.05, 0.1) is 6.04 Å². The zero-order valence-electron chi connectivity index (χ0n) is 13.4. The summed E-state index contributed by atoms with van der Waals surface area (Å²) < 4.78 is 6.02. The van der Waals surface area contributed by atoms with Crippen molar-refractivity contribution in [1.29, 1.82) is 0 Å². The predicted molar refractivity (Wildman–Crippen MR) is 86.2 cm³/mol. The van der Waals surface area contributed by atoms with Gasteiger partial charge in [-0.05, 0) is 48.6 Å². The molecule has 0 saturated carbocycles. The van der Waals surface area contributed by atoms with Crippen LogP contribution in [-0.2, 0) is 5.41 Å². The fourth-order valence-electron chi connectivity index (χ4n) is 2.47. The zero-order chi connectivity index (χ0) is 14.8. The molecule has 0 spiro atoms. The van der Waals surface area contributed by atoms with E-state index in [2.05, 4.69) is 64.2 Å². The number of rotatable bonds is 5. The Morgan fingerprint density at radius 3 is 2.50 bits per heavy atom. The summed E-state index contributed by atoms with van der Waals surface area (Å²) in [4.78, 5) is 0. The van der Waals surface area contributed by atoms with Crippen molar-refractivity contribution in [1.82, 2.24) is 5.32 Å². The number of benzene rings is 1. The van der Waals surface area contributed by atoms with E-state index in [1.54, 1.807) is 0 Å². The minimum atomic E-state index is 0.177. The summed E-state index contributed by atoms with van der Waals surface area (Å²) in [6, 6.07) is 9.05. The van der Waals surface area contributed by atoms with Crippen LogP contribution < -0.4 is 5.32 Å². The largest absolute Gasteiger partial charge is 0.459 e. The average Bonchev–Trinajstić information content (AvgIpc) is 2.81. The Kier molecular flexibility index (Phi) is 4.54.